The number of benzene rings is 1. The predicted molar refractivity (Wildman–Crippen MR) is 82.7 cm³/mol. The van der Waals surface area contributed by atoms with Gasteiger partial charge in [-0.15, -0.1) is 0 Å². The van der Waals surface area contributed by atoms with Crippen LogP contribution in [0.3, 0.4) is 0 Å². The van der Waals surface area contributed by atoms with Crippen molar-refractivity contribution < 1.29 is 4.21 Å². The van der Waals surface area contributed by atoms with E-state index in [1.807, 2.05) is 12.1 Å². The van der Waals surface area contributed by atoms with E-state index in [0.717, 1.165) is 17.2 Å². The summed E-state index contributed by atoms with van der Waals surface area (Å²) < 4.78 is 12.9. The van der Waals surface area contributed by atoms with Crippen LogP contribution in [0.5, 0.6) is 0 Å². The van der Waals surface area contributed by atoms with E-state index < -0.39 is 10.8 Å². The number of hydrogen-bond acceptors (Lipinski definition) is 1. The molecule has 0 radical (unpaired) electrons. The van der Waals surface area contributed by atoms with E-state index in [2.05, 4.69) is 39.8 Å². The first-order chi connectivity index (χ1) is 8.99. The Morgan fingerprint density at radius 1 is 1.16 bits per heavy atom. The molecule has 0 aliphatic heterocycles. The first-order valence-corrected chi connectivity index (χ1v) is 8.67. The van der Waals surface area contributed by atoms with E-state index >= 15 is 0 Å². The zero-order valence-electron chi connectivity index (χ0n) is 12.6. The molecule has 0 unspecified atom stereocenters. The lowest BCUT2D eigenvalue weighted by Gasteiger charge is -2.36. The Morgan fingerprint density at radius 3 is 2.37 bits per heavy atom. The molecule has 0 aromatic heterocycles. The van der Waals surface area contributed by atoms with E-state index in [0.29, 0.717) is 17.1 Å². The van der Waals surface area contributed by atoms with Gasteiger partial charge in [-0.05, 0) is 49.7 Å². The highest BCUT2D eigenvalue weighted by molar-refractivity contribution is 7.85. The molecular formula is C17H26OS. The van der Waals surface area contributed by atoms with Gasteiger partial charge >= 0.3 is 0 Å². The molecule has 0 amide bonds. The molecule has 4 atom stereocenters. The van der Waals surface area contributed by atoms with E-state index in [4.69, 9.17) is 0 Å². The zero-order chi connectivity index (χ0) is 14.0. The van der Waals surface area contributed by atoms with Crippen LogP contribution in [0.4, 0.5) is 0 Å². The average molecular weight is 278 g/mol. The third kappa shape index (κ3) is 3.47. The van der Waals surface area contributed by atoms with Crippen LogP contribution in [0.1, 0.15) is 45.6 Å². The largest absolute Gasteiger partial charge is 0.254 e. The fourth-order valence-electron chi connectivity index (χ4n) is 3.21. The molecule has 0 N–H and O–H groups in total. The second-order valence-corrected chi connectivity index (χ2v) is 8.15. The summed E-state index contributed by atoms with van der Waals surface area (Å²) in [5.41, 5.74) is 1.23. The number of aryl methyl sites for hydroxylation is 1. The molecule has 1 aromatic carbocycles. The van der Waals surface area contributed by atoms with Gasteiger partial charge in [0.25, 0.3) is 0 Å². The maximum Gasteiger partial charge on any atom is 0.0563 e. The fraction of sp³-hybridized carbons (Fsp3) is 0.647. The van der Waals surface area contributed by atoms with Gasteiger partial charge in [0.1, 0.15) is 0 Å². The molecule has 1 aromatic rings. The maximum absolute atomic E-state index is 12.9. The van der Waals surface area contributed by atoms with E-state index in [-0.39, 0.29) is 0 Å². The zero-order valence-corrected chi connectivity index (χ0v) is 13.4. The Hall–Kier alpha value is -0.630. The van der Waals surface area contributed by atoms with E-state index in [1.54, 1.807) is 0 Å². The molecule has 1 aliphatic carbocycles. The lowest BCUT2D eigenvalue weighted by molar-refractivity contribution is 0.241. The molecule has 1 saturated carbocycles. The maximum atomic E-state index is 12.9. The molecular weight excluding hydrogens is 252 g/mol. The second kappa shape index (κ2) is 6.21. The van der Waals surface area contributed by atoms with Crippen molar-refractivity contribution in [3.63, 3.8) is 0 Å². The Labute approximate surface area is 120 Å². The van der Waals surface area contributed by atoms with Gasteiger partial charge in [0, 0.05) is 10.1 Å². The number of rotatable bonds is 3. The highest BCUT2D eigenvalue weighted by Crippen LogP contribution is 2.37. The minimum absolute atomic E-state index is 0.339. The monoisotopic (exact) mass is 278 g/mol. The Morgan fingerprint density at radius 2 is 1.79 bits per heavy atom. The predicted octanol–water partition coefficient (Wildman–Crippen LogP) is 4.56. The van der Waals surface area contributed by atoms with Gasteiger partial charge in [-0.3, -0.25) is 4.21 Å². The molecule has 19 heavy (non-hydrogen) atoms. The highest BCUT2D eigenvalue weighted by atomic mass is 32.2. The summed E-state index contributed by atoms with van der Waals surface area (Å²) in [4.78, 5) is 1.01. The summed E-state index contributed by atoms with van der Waals surface area (Å²) in [6.45, 7) is 8.93. The van der Waals surface area contributed by atoms with E-state index in [9.17, 15) is 4.21 Å². The molecule has 106 valence electrons. The van der Waals surface area contributed by atoms with Crippen molar-refractivity contribution in [2.75, 3.05) is 0 Å². The van der Waals surface area contributed by atoms with Crippen molar-refractivity contribution in [2.24, 2.45) is 17.8 Å². The standard InChI is InChI=1S/C17H26OS/c1-12(2)16-10-7-14(4)11-17(16)19(18)15-8-5-13(3)6-9-15/h5-6,8-9,12,14,16-17H,7,10-11H2,1-4H3/t14-,16+,17-,19+/m1/s1. The average Bonchev–Trinajstić information content (AvgIpc) is 2.38. The highest BCUT2D eigenvalue weighted by Gasteiger charge is 2.34. The Balaban J connectivity index is 2.21. The minimum Gasteiger partial charge on any atom is -0.254 e. The van der Waals surface area contributed by atoms with Gasteiger partial charge < -0.3 is 0 Å². The molecule has 2 rings (SSSR count). The summed E-state index contributed by atoms with van der Waals surface area (Å²) in [5, 5.41) is 0.339. The van der Waals surface area contributed by atoms with Gasteiger partial charge in [0.15, 0.2) is 0 Å². The van der Waals surface area contributed by atoms with Crippen molar-refractivity contribution in [2.45, 2.75) is 57.1 Å². The summed E-state index contributed by atoms with van der Waals surface area (Å²) in [7, 11) is -0.849. The van der Waals surface area contributed by atoms with Crippen molar-refractivity contribution >= 4 is 10.8 Å². The topological polar surface area (TPSA) is 17.1 Å². The first-order valence-electron chi connectivity index (χ1n) is 7.46. The Bertz CT molecular complexity index is 435. The smallest absolute Gasteiger partial charge is 0.0563 e. The van der Waals surface area contributed by atoms with Gasteiger partial charge in [0.05, 0.1) is 10.8 Å². The minimum atomic E-state index is -0.849. The summed E-state index contributed by atoms with van der Waals surface area (Å²) in [5.74, 6) is 1.96. The van der Waals surface area contributed by atoms with Gasteiger partial charge in [-0.25, -0.2) is 0 Å². The van der Waals surface area contributed by atoms with Gasteiger partial charge in [0.2, 0.25) is 0 Å². The number of hydrogen-bond donors (Lipinski definition) is 0. The SMILES string of the molecule is Cc1ccc([S@](=O)[C@@H]2C[C@H](C)CC[C@H]2C(C)C)cc1. The van der Waals surface area contributed by atoms with Gasteiger partial charge in [-0.2, -0.15) is 0 Å². The van der Waals surface area contributed by atoms with Crippen LogP contribution < -0.4 is 0 Å². The van der Waals surface area contributed by atoms with Crippen molar-refractivity contribution in [3.8, 4) is 0 Å². The summed E-state index contributed by atoms with van der Waals surface area (Å²) in [6, 6.07) is 8.23. The van der Waals surface area contributed by atoms with Crippen LogP contribution >= 0.6 is 0 Å². The molecule has 1 fully saturated rings. The molecule has 0 spiro atoms. The van der Waals surface area contributed by atoms with Crippen LogP contribution in [0.2, 0.25) is 0 Å². The van der Waals surface area contributed by atoms with Crippen LogP contribution in [-0.2, 0) is 10.8 Å². The molecule has 1 nitrogen and oxygen atoms in total. The van der Waals surface area contributed by atoms with Crippen LogP contribution in [0.15, 0.2) is 29.2 Å². The quantitative estimate of drug-likeness (QED) is 0.792. The lowest BCUT2D eigenvalue weighted by atomic mass is 9.77. The van der Waals surface area contributed by atoms with Crippen molar-refractivity contribution in [1.29, 1.82) is 0 Å². The normalized spacial score (nSPS) is 29.4. The Kier molecular flexibility index (Phi) is 4.83. The third-order valence-corrected chi connectivity index (χ3v) is 6.32. The molecule has 1 aliphatic rings. The lowest BCUT2D eigenvalue weighted by Crippen LogP contribution is -2.35. The second-order valence-electron chi connectivity index (χ2n) is 6.48. The molecule has 0 bridgehead atoms. The van der Waals surface area contributed by atoms with E-state index in [1.165, 1.54) is 18.4 Å². The molecule has 2 heteroatoms. The van der Waals surface area contributed by atoms with Crippen LogP contribution in [0, 0.1) is 24.7 Å². The third-order valence-electron chi connectivity index (χ3n) is 4.49. The van der Waals surface area contributed by atoms with Crippen LogP contribution in [-0.4, -0.2) is 9.46 Å². The van der Waals surface area contributed by atoms with Crippen molar-refractivity contribution in [1.82, 2.24) is 0 Å². The fourth-order valence-corrected chi connectivity index (χ4v) is 5.23. The first kappa shape index (κ1) is 14.8. The van der Waals surface area contributed by atoms with Gasteiger partial charge in [-0.1, -0.05) is 44.9 Å². The van der Waals surface area contributed by atoms with Crippen LogP contribution in [0.25, 0.3) is 0 Å². The molecule has 0 heterocycles. The summed E-state index contributed by atoms with van der Waals surface area (Å²) in [6.07, 6.45) is 3.65. The molecule has 0 saturated heterocycles. The van der Waals surface area contributed by atoms with Crippen molar-refractivity contribution in [3.05, 3.63) is 29.8 Å². The summed E-state index contributed by atoms with van der Waals surface area (Å²) >= 11 is 0.